The van der Waals surface area contributed by atoms with Crippen LogP contribution in [0.2, 0.25) is 5.02 Å². The van der Waals surface area contributed by atoms with E-state index in [1.165, 1.54) is 17.3 Å². The van der Waals surface area contributed by atoms with E-state index in [0.29, 0.717) is 15.9 Å². The van der Waals surface area contributed by atoms with Crippen LogP contribution in [0.5, 0.6) is 0 Å². The number of nitrogens with zero attached hydrogens (tertiary/aromatic N) is 2. The summed E-state index contributed by atoms with van der Waals surface area (Å²) < 4.78 is 0. The first kappa shape index (κ1) is 20.6. The molecule has 0 spiro atoms. The third-order valence-electron chi connectivity index (χ3n) is 4.37. The van der Waals surface area contributed by atoms with Crippen LogP contribution in [-0.2, 0) is 9.59 Å². The van der Waals surface area contributed by atoms with Gasteiger partial charge >= 0.3 is 0 Å². The molecule has 1 aromatic carbocycles. The van der Waals surface area contributed by atoms with Crippen molar-refractivity contribution in [2.45, 2.75) is 45.3 Å². The number of amidine groups is 1. The molecule has 2 amide bonds. The van der Waals surface area contributed by atoms with Gasteiger partial charge in [-0.15, -0.1) is 5.10 Å². The summed E-state index contributed by atoms with van der Waals surface area (Å²) in [6, 6.07) is 6.82. The summed E-state index contributed by atoms with van der Waals surface area (Å²) in [7, 11) is 0. The molecule has 0 aromatic heterocycles. The maximum absolute atomic E-state index is 12.2. The van der Waals surface area contributed by atoms with Crippen LogP contribution in [0.1, 0.15) is 40.0 Å². The number of anilines is 1. The Kier molecular flexibility index (Phi) is 6.25. The fraction of sp³-hybridized carbons (Fsp3) is 0.400. The molecule has 1 saturated heterocycles. The van der Waals surface area contributed by atoms with Crippen molar-refractivity contribution in [1.82, 2.24) is 5.32 Å². The van der Waals surface area contributed by atoms with E-state index in [4.69, 9.17) is 11.6 Å². The summed E-state index contributed by atoms with van der Waals surface area (Å²) in [5.74, 6) is -0.471. The monoisotopic (exact) mass is 418 g/mol. The molecular formula is C20H23ClN4O2S. The van der Waals surface area contributed by atoms with Crippen molar-refractivity contribution < 1.29 is 9.59 Å². The van der Waals surface area contributed by atoms with Gasteiger partial charge in [-0.25, -0.2) is 0 Å². The second-order valence-electron chi connectivity index (χ2n) is 7.86. The Morgan fingerprint density at radius 2 is 2.00 bits per heavy atom. The van der Waals surface area contributed by atoms with Crippen molar-refractivity contribution in [3.05, 3.63) is 40.9 Å². The summed E-state index contributed by atoms with van der Waals surface area (Å²) in [6.07, 6.45) is 3.99. The summed E-state index contributed by atoms with van der Waals surface area (Å²) in [4.78, 5) is 24.4. The molecule has 2 N–H and O–H groups in total. The number of carbonyl (C=O) groups is 2. The van der Waals surface area contributed by atoms with E-state index in [1.807, 2.05) is 6.08 Å². The Balaban J connectivity index is 1.59. The zero-order chi connectivity index (χ0) is 20.3. The van der Waals surface area contributed by atoms with Crippen LogP contribution >= 0.6 is 23.4 Å². The summed E-state index contributed by atoms with van der Waals surface area (Å²) >= 11 is 7.06. The number of nitrogens with one attached hydrogen (secondary N) is 2. The lowest BCUT2D eigenvalue weighted by molar-refractivity contribution is -0.122. The summed E-state index contributed by atoms with van der Waals surface area (Å²) in [5, 5.41) is 14.5. The van der Waals surface area contributed by atoms with E-state index in [1.54, 1.807) is 24.3 Å². The molecule has 6 nitrogen and oxygen atoms in total. The molecule has 1 aliphatic heterocycles. The first-order valence-electron chi connectivity index (χ1n) is 9.05. The number of allylic oxidation sites excluding steroid dienone is 2. The fourth-order valence-corrected chi connectivity index (χ4v) is 4.41. The number of benzene rings is 1. The summed E-state index contributed by atoms with van der Waals surface area (Å²) in [5.41, 5.74) is 2.97. The molecule has 0 bridgehead atoms. The van der Waals surface area contributed by atoms with E-state index >= 15 is 0 Å². The molecule has 3 rings (SSSR count). The van der Waals surface area contributed by atoms with Crippen LogP contribution in [0.25, 0.3) is 0 Å². The Morgan fingerprint density at radius 3 is 2.68 bits per heavy atom. The zero-order valence-corrected chi connectivity index (χ0v) is 17.7. The fourth-order valence-electron chi connectivity index (χ4n) is 3.37. The Labute approximate surface area is 173 Å². The van der Waals surface area contributed by atoms with Crippen molar-refractivity contribution in [2.75, 3.05) is 5.32 Å². The van der Waals surface area contributed by atoms with Crippen LogP contribution in [-0.4, -0.2) is 27.9 Å². The molecule has 1 fully saturated rings. The van der Waals surface area contributed by atoms with E-state index in [-0.39, 0.29) is 23.7 Å². The highest BCUT2D eigenvalue weighted by atomic mass is 35.5. The molecule has 28 heavy (non-hydrogen) atoms. The highest BCUT2D eigenvalue weighted by molar-refractivity contribution is 8.15. The van der Waals surface area contributed by atoms with Gasteiger partial charge in [0.1, 0.15) is 5.25 Å². The van der Waals surface area contributed by atoms with Gasteiger partial charge < -0.3 is 10.6 Å². The van der Waals surface area contributed by atoms with Gasteiger partial charge in [-0.05, 0) is 55.5 Å². The van der Waals surface area contributed by atoms with Crippen molar-refractivity contribution in [3.63, 3.8) is 0 Å². The van der Waals surface area contributed by atoms with Crippen LogP contribution in [0.15, 0.2) is 46.1 Å². The number of rotatable bonds is 4. The molecule has 1 aromatic rings. The SMILES string of the molecule is CC1=C/C(=N\N=C2\NC(=O)C(CC(=O)Nc3ccc(Cl)cc3)S2)CC(C)(C)C1. The number of thioether (sulfide) groups is 1. The number of amides is 2. The molecule has 1 unspecified atom stereocenters. The van der Waals surface area contributed by atoms with Gasteiger partial charge in [-0.2, -0.15) is 5.10 Å². The second-order valence-corrected chi connectivity index (χ2v) is 9.49. The molecule has 1 aliphatic carbocycles. The number of carbonyl (C=O) groups excluding carboxylic acids is 2. The van der Waals surface area contributed by atoms with Gasteiger partial charge in [0, 0.05) is 17.1 Å². The second kappa shape index (κ2) is 8.49. The van der Waals surface area contributed by atoms with Crippen molar-refractivity contribution in [3.8, 4) is 0 Å². The number of hydrogen-bond acceptors (Lipinski definition) is 5. The predicted octanol–water partition coefficient (Wildman–Crippen LogP) is 4.38. The largest absolute Gasteiger partial charge is 0.326 e. The molecule has 0 radical (unpaired) electrons. The third-order valence-corrected chi connectivity index (χ3v) is 5.70. The minimum atomic E-state index is -0.522. The average molecular weight is 419 g/mol. The van der Waals surface area contributed by atoms with E-state index in [0.717, 1.165) is 18.6 Å². The molecular weight excluding hydrogens is 396 g/mol. The van der Waals surface area contributed by atoms with Gasteiger partial charge in [0.2, 0.25) is 11.8 Å². The first-order valence-corrected chi connectivity index (χ1v) is 10.3. The molecule has 148 valence electrons. The normalized spacial score (nSPS) is 24.2. The lowest BCUT2D eigenvalue weighted by atomic mass is 9.77. The topological polar surface area (TPSA) is 82.9 Å². The van der Waals surface area contributed by atoms with Crippen LogP contribution < -0.4 is 10.6 Å². The summed E-state index contributed by atoms with van der Waals surface area (Å²) in [6.45, 7) is 6.49. The van der Waals surface area contributed by atoms with E-state index < -0.39 is 5.25 Å². The lowest BCUT2D eigenvalue weighted by Gasteiger charge is -2.28. The van der Waals surface area contributed by atoms with Crippen LogP contribution in [0.3, 0.4) is 0 Å². The molecule has 8 heteroatoms. The van der Waals surface area contributed by atoms with Gasteiger partial charge in [-0.3, -0.25) is 9.59 Å². The standard InChI is InChI=1S/C20H23ClN4O2S/c1-12-8-15(11-20(2,3)10-12)24-25-19-23-18(27)16(28-19)9-17(26)22-14-6-4-13(21)5-7-14/h4-8,16H,9-11H2,1-3H3,(H,22,26)(H,23,25,27)/b24-15+. The Morgan fingerprint density at radius 1 is 1.29 bits per heavy atom. The Bertz CT molecular complexity index is 875. The minimum absolute atomic E-state index is 0.0563. The van der Waals surface area contributed by atoms with Crippen molar-refractivity contribution in [1.29, 1.82) is 0 Å². The van der Waals surface area contributed by atoms with E-state index in [2.05, 4.69) is 41.6 Å². The smallest absolute Gasteiger partial charge is 0.240 e. The third kappa shape index (κ3) is 5.69. The Hall–Kier alpha value is -2.12. The molecule has 1 heterocycles. The van der Waals surface area contributed by atoms with Gasteiger partial charge in [0.05, 0.1) is 5.71 Å². The average Bonchev–Trinajstić information content (AvgIpc) is 2.93. The van der Waals surface area contributed by atoms with Crippen LogP contribution in [0.4, 0.5) is 5.69 Å². The number of halogens is 1. The molecule has 1 atom stereocenters. The van der Waals surface area contributed by atoms with Crippen molar-refractivity contribution >= 4 is 51.7 Å². The molecule has 0 saturated carbocycles. The maximum Gasteiger partial charge on any atom is 0.240 e. The molecule has 2 aliphatic rings. The highest BCUT2D eigenvalue weighted by Gasteiger charge is 2.32. The van der Waals surface area contributed by atoms with Gasteiger partial charge in [0.15, 0.2) is 5.17 Å². The lowest BCUT2D eigenvalue weighted by Crippen LogP contribution is -2.28. The minimum Gasteiger partial charge on any atom is -0.326 e. The van der Waals surface area contributed by atoms with Gasteiger partial charge in [0.25, 0.3) is 0 Å². The quantitative estimate of drug-likeness (QED) is 0.712. The predicted molar refractivity (Wildman–Crippen MR) is 116 cm³/mol. The van der Waals surface area contributed by atoms with Crippen molar-refractivity contribution in [2.24, 2.45) is 15.6 Å². The van der Waals surface area contributed by atoms with Crippen LogP contribution in [0, 0.1) is 5.41 Å². The maximum atomic E-state index is 12.2. The zero-order valence-electron chi connectivity index (χ0n) is 16.1. The highest BCUT2D eigenvalue weighted by Crippen LogP contribution is 2.34. The number of hydrogen-bond donors (Lipinski definition) is 2. The van der Waals surface area contributed by atoms with E-state index in [9.17, 15) is 9.59 Å². The van der Waals surface area contributed by atoms with Gasteiger partial charge in [-0.1, -0.05) is 42.8 Å². The first-order chi connectivity index (χ1) is 13.2.